The van der Waals surface area contributed by atoms with Crippen LogP contribution in [0.25, 0.3) is 0 Å². The molecule has 0 unspecified atom stereocenters. The second kappa shape index (κ2) is 9.15. The predicted octanol–water partition coefficient (Wildman–Crippen LogP) is 2.18. The second-order valence-electron chi connectivity index (χ2n) is 7.59. The Kier molecular flexibility index (Phi) is 6.61. The van der Waals surface area contributed by atoms with Crippen LogP contribution >= 0.6 is 0 Å². The Bertz CT molecular complexity index is 760. The lowest BCUT2D eigenvalue weighted by Gasteiger charge is -2.30. The van der Waals surface area contributed by atoms with Gasteiger partial charge in [-0.1, -0.05) is 31.4 Å². The van der Waals surface area contributed by atoms with Crippen LogP contribution in [0.15, 0.2) is 24.3 Å². The number of hydrogen-bond acceptors (Lipinski definition) is 5. The van der Waals surface area contributed by atoms with Crippen LogP contribution in [0.4, 0.5) is 4.79 Å². The molecule has 2 fully saturated rings. The summed E-state index contributed by atoms with van der Waals surface area (Å²) in [5.41, 5.74) is -0.743. The number of nitrogens with one attached hydrogen (secondary N) is 1. The van der Waals surface area contributed by atoms with Crippen molar-refractivity contribution in [3.63, 3.8) is 0 Å². The van der Waals surface area contributed by atoms with Gasteiger partial charge in [0.15, 0.2) is 11.5 Å². The predicted molar refractivity (Wildman–Crippen MR) is 107 cm³/mol. The van der Waals surface area contributed by atoms with Gasteiger partial charge in [0.25, 0.3) is 5.91 Å². The highest BCUT2D eigenvalue weighted by molar-refractivity contribution is 6.07. The third kappa shape index (κ3) is 4.63. The van der Waals surface area contributed by atoms with Crippen LogP contribution in [0, 0.1) is 0 Å². The zero-order valence-corrected chi connectivity index (χ0v) is 17.1. The van der Waals surface area contributed by atoms with Gasteiger partial charge in [-0.25, -0.2) is 4.79 Å². The Hall–Kier alpha value is -2.77. The number of carbonyl (C=O) groups excluding carboxylic acids is 3. The summed E-state index contributed by atoms with van der Waals surface area (Å²) < 4.78 is 10.9. The van der Waals surface area contributed by atoms with Crippen molar-refractivity contribution in [2.75, 3.05) is 33.9 Å². The minimum Gasteiger partial charge on any atom is -0.493 e. The molecule has 1 saturated heterocycles. The molecule has 158 valence electrons. The zero-order chi connectivity index (χ0) is 20.9. The lowest BCUT2D eigenvalue weighted by atomic mass is 9.82. The molecular formula is C21H29N3O5. The third-order valence-electron chi connectivity index (χ3n) is 5.68. The van der Waals surface area contributed by atoms with Crippen molar-refractivity contribution in [2.45, 2.75) is 44.1 Å². The first-order valence-corrected chi connectivity index (χ1v) is 10.1. The summed E-state index contributed by atoms with van der Waals surface area (Å²) in [6.45, 7) is 0.804. The summed E-state index contributed by atoms with van der Waals surface area (Å²) in [5.74, 6) is 0.931. The summed E-state index contributed by atoms with van der Waals surface area (Å²) in [6, 6.07) is 6.94. The molecule has 0 atom stereocenters. The van der Waals surface area contributed by atoms with Gasteiger partial charge in [-0.3, -0.25) is 14.5 Å². The lowest BCUT2D eigenvalue weighted by Crippen LogP contribution is -2.48. The Balaban J connectivity index is 1.45. The first kappa shape index (κ1) is 21.0. The maximum atomic E-state index is 12.8. The molecule has 1 aromatic carbocycles. The smallest absolute Gasteiger partial charge is 0.325 e. The van der Waals surface area contributed by atoms with E-state index in [9.17, 15) is 14.4 Å². The van der Waals surface area contributed by atoms with Gasteiger partial charge in [0.2, 0.25) is 5.91 Å². The van der Waals surface area contributed by atoms with Gasteiger partial charge < -0.3 is 19.7 Å². The van der Waals surface area contributed by atoms with Crippen LogP contribution in [-0.2, 0) is 9.59 Å². The fourth-order valence-electron chi connectivity index (χ4n) is 3.93. The highest BCUT2D eigenvalue weighted by Crippen LogP contribution is 2.33. The molecule has 8 nitrogen and oxygen atoms in total. The molecule has 3 rings (SSSR count). The molecule has 1 saturated carbocycles. The number of methoxy groups -OCH3 is 1. The molecular weight excluding hydrogens is 374 g/mol. The van der Waals surface area contributed by atoms with Gasteiger partial charge in [0.05, 0.1) is 13.7 Å². The molecule has 1 aliphatic carbocycles. The molecule has 2 aliphatic rings. The molecule has 1 heterocycles. The number of ether oxygens (including phenoxy) is 2. The number of carbonyl (C=O) groups is 3. The van der Waals surface area contributed by atoms with Crippen molar-refractivity contribution >= 4 is 17.8 Å². The molecule has 1 aromatic rings. The number of para-hydroxylation sites is 2. The lowest BCUT2D eigenvalue weighted by molar-refractivity contribution is -0.134. The number of hydrogen-bond donors (Lipinski definition) is 1. The number of likely N-dealkylation sites (N-methyl/N-ethyl adjacent to an activating group) is 1. The van der Waals surface area contributed by atoms with Crippen molar-refractivity contribution < 1.29 is 23.9 Å². The van der Waals surface area contributed by atoms with Crippen LogP contribution in [0.5, 0.6) is 11.5 Å². The summed E-state index contributed by atoms with van der Waals surface area (Å²) >= 11 is 0. The maximum Gasteiger partial charge on any atom is 0.325 e. The minimum absolute atomic E-state index is 0.0976. The summed E-state index contributed by atoms with van der Waals surface area (Å²) in [7, 11) is 3.26. The van der Waals surface area contributed by atoms with Gasteiger partial charge in [-0.15, -0.1) is 0 Å². The Morgan fingerprint density at radius 3 is 2.55 bits per heavy atom. The van der Waals surface area contributed by atoms with E-state index in [1.54, 1.807) is 31.2 Å². The average molecular weight is 403 g/mol. The number of urea groups is 1. The largest absolute Gasteiger partial charge is 0.493 e. The number of benzene rings is 1. The summed E-state index contributed by atoms with van der Waals surface area (Å²) in [5, 5.41) is 2.87. The topological polar surface area (TPSA) is 88.2 Å². The molecule has 1 N–H and O–H groups in total. The molecule has 29 heavy (non-hydrogen) atoms. The Labute approximate surface area is 171 Å². The highest BCUT2D eigenvalue weighted by atomic mass is 16.5. The van der Waals surface area contributed by atoms with Crippen LogP contribution in [0.3, 0.4) is 0 Å². The normalized spacial score (nSPS) is 17.9. The zero-order valence-electron chi connectivity index (χ0n) is 17.1. The van der Waals surface area contributed by atoms with Crippen LogP contribution in [0.2, 0.25) is 0 Å². The van der Waals surface area contributed by atoms with Gasteiger partial charge in [-0.05, 0) is 25.0 Å². The van der Waals surface area contributed by atoms with Gasteiger partial charge in [0.1, 0.15) is 12.1 Å². The van der Waals surface area contributed by atoms with E-state index in [4.69, 9.17) is 9.47 Å². The maximum absolute atomic E-state index is 12.8. The summed E-state index contributed by atoms with van der Waals surface area (Å²) in [6.07, 6.45) is 4.43. The van der Waals surface area contributed by atoms with Gasteiger partial charge >= 0.3 is 6.03 Å². The Morgan fingerprint density at radius 2 is 1.86 bits per heavy atom. The molecule has 1 aliphatic heterocycles. The first-order chi connectivity index (χ1) is 14.0. The minimum atomic E-state index is -0.743. The van der Waals surface area contributed by atoms with E-state index in [0.29, 0.717) is 37.5 Å². The van der Waals surface area contributed by atoms with E-state index < -0.39 is 5.54 Å². The molecule has 0 radical (unpaired) electrons. The van der Waals surface area contributed by atoms with E-state index in [-0.39, 0.29) is 30.8 Å². The number of imide groups is 1. The fourth-order valence-corrected chi connectivity index (χ4v) is 3.93. The standard InChI is InChI=1S/C21H29N3O5/c1-23(14-15-29-17-9-5-4-8-16(17)28-2)18(25)10-13-24-19(26)21(22-20(24)27)11-6-3-7-12-21/h4-5,8-9H,3,6-7,10-15H2,1-2H3,(H,22,27). The van der Waals surface area contributed by atoms with E-state index in [2.05, 4.69) is 5.32 Å². The second-order valence-corrected chi connectivity index (χ2v) is 7.59. The molecule has 4 amide bonds. The third-order valence-corrected chi connectivity index (χ3v) is 5.68. The van der Waals surface area contributed by atoms with E-state index in [1.807, 2.05) is 12.1 Å². The highest BCUT2D eigenvalue weighted by Gasteiger charge is 2.51. The van der Waals surface area contributed by atoms with E-state index in [0.717, 1.165) is 19.3 Å². The number of rotatable bonds is 8. The van der Waals surface area contributed by atoms with Gasteiger partial charge in [-0.2, -0.15) is 0 Å². The van der Waals surface area contributed by atoms with E-state index in [1.165, 1.54) is 4.90 Å². The van der Waals surface area contributed by atoms with Gasteiger partial charge in [0, 0.05) is 20.0 Å². The molecule has 1 spiro atoms. The number of amides is 4. The van der Waals surface area contributed by atoms with Crippen molar-refractivity contribution in [2.24, 2.45) is 0 Å². The van der Waals surface area contributed by atoms with Crippen molar-refractivity contribution in [1.29, 1.82) is 0 Å². The molecule has 0 aromatic heterocycles. The number of nitrogens with zero attached hydrogens (tertiary/aromatic N) is 2. The first-order valence-electron chi connectivity index (χ1n) is 10.1. The van der Waals surface area contributed by atoms with Crippen LogP contribution in [-0.4, -0.2) is 67.0 Å². The fraction of sp³-hybridized carbons (Fsp3) is 0.571. The monoisotopic (exact) mass is 403 g/mol. The van der Waals surface area contributed by atoms with Crippen molar-refractivity contribution in [3.8, 4) is 11.5 Å². The quantitative estimate of drug-likeness (QED) is 0.672. The molecule has 8 heteroatoms. The summed E-state index contributed by atoms with van der Waals surface area (Å²) in [4.78, 5) is 40.2. The Morgan fingerprint density at radius 1 is 1.17 bits per heavy atom. The van der Waals surface area contributed by atoms with Crippen LogP contribution in [0.1, 0.15) is 38.5 Å². The van der Waals surface area contributed by atoms with Crippen molar-refractivity contribution in [1.82, 2.24) is 15.1 Å². The average Bonchev–Trinajstić information content (AvgIpc) is 2.95. The van der Waals surface area contributed by atoms with E-state index >= 15 is 0 Å². The van der Waals surface area contributed by atoms with Crippen molar-refractivity contribution in [3.05, 3.63) is 24.3 Å². The van der Waals surface area contributed by atoms with Crippen LogP contribution < -0.4 is 14.8 Å². The SMILES string of the molecule is COc1ccccc1OCCN(C)C(=O)CCN1C(=O)NC2(CCCCC2)C1=O. The molecule has 0 bridgehead atoms.